The molecular formula is C26H27ClN6O2S. The van der Waals surface area contributed by atoms with Gasteiger partial charge < -0.3 is 20.8 Å². The highest BCUT2D eigenvalue weighted by atomic mass is 35.5. The molecule has 1 amide bonds. The molecule has 1 aliphatic heterocycles. The van der Waals surface area contributed by atoms with Crippen LogP contribution in [0.25, 0.3) is 5.65 Å². The third-order valence-electron chi connectivity index (χ3n) is 6.45. The van der Waals surface area contributed by atoms with Crippen LogP contribution in [-0.2, 0) is 13.0 Å². The van der Waals surface area contributed by atoms with Crippen LogP contribution in [0.4, 0.5) is 0 Å². The summed E-state index contributed by atoms with van der Waals surface area (Å²) in [6, 6.07) is 11.2. The number of fused-ring (bicyclic) bond motifs is 1. The summed E-state index contributed by atoms with van der Waals surface area (Å²) in [5.41, 5.74) is 15.6. The number of thiazole rings is 1. The lowest BCUT2D eigenvalue weighted by atomic mass is 10.0. The molecule has 0 unspecified atom stereocenters. The Bertz CT molecular complexity index is 1400. The highest BCUT2D eigenvalue weighted by Crippen LogP contribution is 2.34. The van der Waals surface area contributed by atoms with Crippen molar-refractivity contribution in [1.82, 2.24) is 19.3 Å². The van der Waals surface area contributed by atoms with E-state index in [1.54, 1.807) is 39.2 Å². The number of nitrogens with zero attached hydrogens (tertiary/aromatic N) is 4. The molecule has 0 radical (unpaired) electrons. The maximum Gasteiger partial charge on any atom is 0.274 e. The van der Waals surface area contributed by atoms with Crippen LogP contribution in [0.2, 0.25) is 5.02 Å². The first-order chi connectivity index (χ1) is 17.4. The van der Waals surface area contributed by atoms with E-state index in [-0.39, 0.29) is 23.8 Å². The van der Waals surface area contributed by atoms with Crippen LogP contribution < -0.4 is 11.5 Å². The van der Waals surface area contributed by atoms with E-state index < -0.39 is 0 Å². The van der Waals surface area contributed by atoms with E-state index in [1.807, 2.05) is 12.1 Å². The van der Waals surface area contributed by atoms with E-state index >= 15 is 0 Å². The number of hydrogen-bond donors (Lipinski definition) is 2. The minimum atomic E-state index is -0.284. The van der Waals surface area contributed by atoms with E-state index in [1.165, 1.54) is 16.9 Å². The molecule has 36 heavy (non-hydrogen) atoms. The number of Topliss-reactive ketones (excluding diaryl/α,β-unsaturated/α-hetero) is 1. The predicted octanol–water partition coefficient (Wildman–Crippen LogP) is 4.02. The number of imidazole rings is 1. The maximum atomic E-state index is 13.4. The molecule has 0 saturated carbocycles. The molecule has 0 spiro atoms. The van der Waals surface area contributed by atoms with Gasteiger partial charge in [-0.2, -0.15) is 0 Å². The molecule has 3 aromatic heterocycles. The molecule has 10 heteroatoms. The smallest absolute Gasteiger partial charge is 0.274 e. The van der Waals surface area contributed by atoms with Gasteiger partial charge in [0.2, 0.25) is 0 Å². The monoisotopic (exact) mass is 522 g/mol. The normalized spacial score (nSPS) is 17.7. The van der Waals surface area contributed by atoms with Crippen molar-refractivity contribution in [2.24, 2.45) is 11.5 Å². The average molecular weight is 523 g/mol. The number of nitrogens with two attached hydrogens (primary N) is 2. The third-order valence-corrected chi connectivity index (χ3v) is 7.62. The number of pyridine rings is 1. The summed E-state index contributed by atoms with van der Waals surface area (Å²) in [7, 11) is 0. The van der Waals surface area contributed by atoms with E-state index in [0.717, 1.165) is 23.4 Å². The van der Waals surface area contributed by atoms with Crippen molar-refractivity contribution in [1.29, 1.82) is 0 Å². The highest BCUT2D eigenvalue weighted by Gasteiger charge is 2.37. The second kappa shape index (κ2) is 10.5. The van der Waals surface area contributed by atoms with Crippen molar-refractivity contribution in [2.45, 2.75) is 44.3 Å². The topological polar surface area (TPSA) is 120 Å². The van der Waals surface area contributed by atoms with Crippen molar-refractivity contribution in [3.8, 4) is 0 Å². The number of likely N-dealkylation sites (tertiary alicyclic amines) is 1. The molecule has 0 bridgehead atoms. The van der Waals surface area contributed by atoms with Crippen LogP contribution in [0.15, 0.2) is 54.2 Å². The predicted molar refractivity (Wildman–Crippen MR) is 140 cm³/mol. The Balaban J connectivity index is 1.25. The fraction of sp³-hybridized carbons (Fsp3) is 0.308. The van der Waals surface area contributed by atoms with Gasteiger partial charge in [0.25, 0.3) is 5.91 Å². The Labute approximate surface area is 217 Å². The maximum absolute atomic E-state index is 13.4. The van der Waals surface area contributed by atoms with Crippen LogP contribution in [0.5, 0.6) is 0 Å². The Hall–Kier alpha value is -3.11. The first-order valence-electron chi connectivity index (χ1n) is 11.9. The van der Waals surface area contributed by atoms with Gasteiger partial charge in [-0.3, -0.25) is 9.59 Å². The Morgan fingerprint density at radius 3 is 2.61 bits per heavy atom. The zero-order valence-corrected chi connectivity index (χ0v) is 21.2. The first kappa shape index (κ1) is 24.6. The molecule has 2 atom stereocenters. The minimum absolute atomic E-state index is 0.00785. The van der Waals surface area contributed by atoms with Crippen molar-refractivity contribution in [2.75, 3.05) is 6.54 Å². The van der Waals surface area contributed by atoms with Crippen LogP contribution in [0.3, 0.4) is 0 Å². The zero-order valence-electron chi connectivity index (χ0n) is 19.6. The molecule has 186 valence electrons. The summed E-state index contributed by atoms with van der Waals surface area (Å²) in [5.74, 6) is -0.204. The quantitative estimate of drug-likeness (QED) is 0.337. The van der Waals surface area contributed by atoms with Crippen molar-refractivity contribution in [3.05, 3.63) is 86.7 Å². The standard InChI is InChI=1S/C26H27ClN6O2S/c27-18-8-9-24-30-20(14-32(24)12-18)26(35)33-13-19(29)10-22(33)25-31-21(15-36-25)23(34)3-1-2-16-4-6-17(11-28)7-5-16/h4-9,12,14-15,19,22H,1-3,10-11,13,28-29H2/t19-,22+/m1/s1. The summed E-state index contributed by atoms with van der Waals surface area (Å²) in [6.07, 6.45) is 5.94. The number of ketones is 1. The second-order valence-electron chi connectivity index (χ2n) is 9.08. The van der Waals surface area contributed by atoms with E-state index in [0.29, 0.717) is 48.0 Å². The highest BCUT2D eigenvalue weighted by molar-refractivity contribution is 7.09. The van der Waals surface area contributed by atoms with Gasteiger partial charge >= 0.3 is 0 Å². The molecule has 8 nitrogen and oxygen atoms in total. The third kappa shape index (κ3) is 5.19. The summed E-state index contributed by atoms with van der Waals surface area (Å²) < 4.78 is 1.73. The van der Waals surface area contributed by atoms with Gasteiger partial charge in [-0.05, 0) is 42.5 Å². The number of benzene rings is 1. The van der Waals surface area contributed by atoms with Gasteiger partial charge in [0, 0.05) is 43.3 Å². The number of halogens is 1. The molecule has 4 heterocycles. The van der Waals surface area contributed by atoms with E-state index in [2.05, 4.69) is 22.1 Å². The molecule has 4 N–H and O–H groups in total. The lowest BCUT2D eigenvalue weighted by Crippen LogP contribution is -2.33. The minimum Gasteiger partial charge on any atom is -0.326 e. The summed E-state index contributed by atoms with van der Waals surface area (Å²) in [6.45, 7) is 0.928. The lowest BCUT2D eigenvalue weighted by Gasteiger charge is -2.21. The average Bonchev–Trinajstić information content (AvgIpc) is 3.61. The van der Waals surface area contributed by atoms with Crippen LogP contribution in [0, 0.1) is 0 Å². The van der Waals surface area contributed by atoms with Crippen LogP contribution in [-0.4, -0.2) is 43.5 Å². The van der Waals surface area contributed by atoms with Crippen LogP contribution in [0.1, 0.15) is 62.4 Å². The van der Waals surface area contributed by atoms with Crippen LogP contribution >= 0.6 is 22.9 Å². The zero-order chi connectivity index (χ0) is 25.2. The number of rotatable bonds is 8. The molecule has 1 aliphatic rings. The summed E-state index contributed by atoms with van der Waals surface area (Å²) in [5, 5.41) is 3.07. The summed E-state index contributed by atoms with van der Waals surface area (Å²) in [4.78, 5) is 36.9. The number of carbonyl (C=O) groups excluding carboxylic acids is 2. The number of hydrogen-bond acceptors (Lipinski definition) is 7. The van der Waals surface area contributed by atoms with Gasteiger partial charge in [-0.25, -0.2) is 9.97 Å². The number of carbonyl (C=O) groups is 2. The van der Waals surface area contributed by atoms with Gasteiger partial charge in [-0.1, -0.05) is 35.9 Å². The summed E-state index contributed by atoms with van der Waals surface area (Å²) >= 11 is 7.46. The molecule has 5 rings (SSSR count). The van der Waals surface area contributed by atoms with E-state index in [4.69, 9.17) is 23.1 Å². The Kier molecular flexibility index (Phi) is 7.15. The molecular weight excluding hydrogens is 496 g/mol. The Morgan fingerprint density at radius 2 is 1.83 bits per heavy atom. The fourth-order valence-corrected chi connectivity index (χ4v) is 5.65. The van der Waals surface area contributed by atoms with E-state index in [9.17, 15) is 9.59 Å². The lowest BCUT2D eigenvalue weighted by molar-refractivity contribution is 0.0728. The SMILES string of the molecule is NCc1ccc(CCCC(=O)c2csc([C@@H]3C[C@@H](N)CN3C(=O)c3cn4cc(Cl)ccc4n3)n2)cc1. The molecule has 0 aliphatic carbocycles. The van der Waals surface area contributed by atoms with Gasteiger partial charge in [0.1, 0.15) is 22.0 Å². The largest absolute Gasteiger partial charge is 0.326 e. The molecule has 1 aromatic carbocycles. The molecule has 1 saturated heterocycles. The first-order valence-corrected chi connectivity index (χ1v) is 13.1. The number of amides is 1. The van der Waals surface area contributed by atoms with Crippen molar-refractivity contribution < 1.29 is 9.59 Å². The Morgan fingerprint density at radius 1 is 1.06 bits per heavy atom. The fourth-order valence-electron chi connectivity index (χ4n) is 4.53. The van der Waals surface area contributed by atoms with Gasteiger partial charge in [-0.15, -0.1) is 11.3 Å². The number of aromatic nitrogens is 3. The molecule has 1 fully saturated rings. The second-order valence-corrected chi connectivity index (χ2v) is 10.4. The molecule has 4 aromatic rings. The van der Waals surface area contributed by atoms with Crippen molar-refractivity contribution in [3.63, 3.8) is 0 Å². The van der Waals surface area contributed by atoms with Gasteiger partial charge in [0.05, 0.1) is 11.1 Å². The number of aryl methyl sites for hydroxylation is 1. The van der Waals surface area contributed by atoms with Crippen molar-refractivity contribution >= 4 is 40.3 Å². The van der Waals surface area contributed by atoms with Gasteiger partial charge in [0.15, 0.2) is 5.78 Å².